The van der Waals surface area contributed by atoms with E-state index in [1.54, 1.807) is 0 Å². The second-order valence-corrected chi connectivity index (χ2v) is 7.02. The van der Waals surface area contributed by atoms with Crippen molar-refractivity contribution in [1.82, 2.24) is 4.31 Å². The summed E-state index contributed by atoms with van der Waals surface area (Å²) in [6.07, 6.45) is 0. The second-order valence-electron chi connectivity index (χ2n) is 4.57. The zero-order chi connectivity index (χ0) is 16.5. The summed E-state index contributed by atoms with van der Waals surface area (Å²) >= 11 is 5.57. The summed E-state index contributed by atoms with van der Waals surface area (Å²) in [5.74, 6) is -2.34. The summed E-state index contributed by atoms with van der Waals surface area (Å²) in [7, 11) is -2.75. The fourth-order valence-corrected chi connectivity index (χ4v) is 3.21. The normalized spacial score (nSPS) is 11.9. The Balaban J connectivity index is 2.30. The molecule has 0 spiro atoms. The van der Waals surface area contributed by atoms with Crippen LogP contribution in [0.2, 0.25) is 5.02 Å². The summed E-state index contributed by atoms with van der Waals surface area (Å²) in [5.41, 5.74) is 0.0145. The molecule has 118 valence electrons. The van der Waals surface area contributed by atoms with Crippen molar-refractivity contribution in [3.8, 4) is 0 Å². The quantitative estimate of drug-likeness (QED) is 0.846. The number of sulfonamides is 1. The molecule has 0 N–H and O–H groups in total. The van der Waals surface area contributed by atoms with Gasteiger partial charge in [0.15, 0.2) is 0 Å². The third-order valence-electron chi connectivity index (χ3n) is 3.01. The van der Waals surface area contributed by atoms with E-state index in [9.17, 15) is 21.6 Å². The molecule has 0 unspecified atom stereocenters. The Kier molecular flexibility index (Phi) is 4.79. The summed E-state index contributed by atoms with van der Waals surface area (Å²) in [6, 6.07) is 5.84. The fraction of sp³-hybridized carbons (Fsp3) is 0.143. The lowest BCUT2D eigenvalue weighted by Gasteiger charge is -2.18. The van der Waals surface area contributed by atoms with Gasteiger partial charge in [0.25, 0.3) is 0 Å². The molecule has 0 saturated heterocycles. The van der Waals surface area contributed by atoms with Crippen LogP contribution in [-0.4, -0.2) is 19.8 Å². The van der Waals surface area contributed by atoms with Gasteiger partial charge in [-0.3, -0.25) is 0 Å². The van der Waals surface area contributed by atoms with Crippen molar-refractivity contribution >= 4 is 21.6 Å². The Hall–Kier alpha value is -1.57. The van der Waals surface area contributed by atoms with E-state index in [1.807, 2.05) is 0 Å². The zero-order valence-corrected chi connectivity index (χ0v) is 12.9. The molecule has 0 atom stereocenters. The molecular weight excluding hydrogens is 339 g/mol. The maximum absolute atomic E-state index is 13.6. The molecule has 22 heavy (non-hydrogen) atoms. The molecule has 2 aromatic carbocycles. The standard InChI is InChI=1S/C14H11ClF3NO2S/c1-19(8-9-2-3-10(16)6-14(9)18)22(20,21)11-4-5-13(17)12(15)7-11/h2-7H,8H2,1H3. The van der Waals surface area contributed by atoms with Crippen LogP contribution in [0.4, 0.5) is 13.2 Å². The molecule has 3 nitrogen and oxygen atoms in total. The molecular formula is C14H11ClF3NO2S. The predicted molar refractivity (Wildman–Crippen MR) is 76.4 cm³/mol. The Labute approximate surface area is 131 Å². The monoisotopic (exact) mass is 349 g/mol. The van der Waals surface area contributed by atoms with Gasteiger partial charge in [0, 0.05) is 25.2 Å². The van der Waals surface area contributed by atoms with Gasteiger partial charge in [-0.25, -0.2) is 21.6 Å². The van der Waals surface area contributed by atoms with E-state index < -0.39 is 27.5 Å². The van der Waals surface area contributed by atoms with Gasteiger partial charge < -0.3 is 0 Å². The summed E-state index contributed by atoms with van der Waals surface area (Å²) in [5, 5.41) is -0.331. The van der Waals surface area contributed by atoms with E-state index in [2.05, 4.69) is 0 Å². The van der Waals surface area contributed by atoms with Crippen LogP contribution < -0.4 is 0 Å². The summed E-state index contributed by atoms with van der Waals surface area (Å²) in [6.45, 7) is -0.302. The highest BCUT2D eigenvalue weighted by Gasteiger charge is 2.23. The van der Waals surface area contributed by atoms with Crippen LogP contribution in [0.3, 0.4) is 0 Å². The van der Waals surface area contributed by atoms with Crippen molar-refractivity contribution in [2.24, 2.45) is 0 Å². The van der Waals surface area contributed by atoms with Crippen molar-refractivity contribution in [3.63, 3.8) is 0 Å². The maximum Gasteiger partial charge on any atom is 0.243 e. The number of benzene rings is 2. The lowest BCUT2D eigenvalue weighted by molar-refractivity contribution is 0.454. The van der Waals surface area contributed by atoms with Gasteiger partial charge in [0.1, 0.15) is 17.5 Å². The zero-order valence-electron chi connectivity index (χ0n) is 11.4. The molecule has 0 aliphatic heterocycles. The third-order valence-corrected chi connectivity index (χ3v) is 5.10. The molecule has 0 aliphatic carbocycles. The van der Waals surface area contributed by atoms with Crippen LogP contribution in [0.25, 0.3) is 0 Å². The van der Waals surface area contributed by atoms with Gasteiger partial charge in [-0.05, 0) is 24.3 Å². The summed E-state index contributed by atoms with van der Waals surface area (Å²) < 4.78 is 65.1. The molecule has 0 heterocycles. The van der Waals surface area contributed by atoms with Crippen LogP contribution >= 0.6 is 11.6 Å². The Morgan fingerprint density at radius 3 is 2.32 bits per heavy atom. The predicted octanol–water partition coefficient (Wildman–Crippen LogP) is 3.58. The first-order valence-corrected chi connectivity index (χ1v) is 7.89. The van der Waals surface area contributed by atoms with Crippen LogP contribution in [0.1, 0.15) is 5.56 Å². The van der Waals surface area contributed by atoms with Gasteiger partial charge in [-0.1, -0.05) is 17.7 Å². The van der Waals surface area contributed by atoms with E-state index in [0.717, 1.165) is 34.6 Å². The molecule has 0 fully saturated rings. The lowest BCUT2D eigenvalue weighted by atomic mass is 10.2. The van der Waals surface area contributed by atoms with Gasteiger partial charge in [-0.15, -0.1) is 0 Å². The van der Waals surface area contributed by atoms with E-state index in [0.29, 0.717) is 6.07 Å². The van der Waals surface area contributed by atoms with Gasteiger partial charge in [-0.2, -0.15) is 4.31 Å². The SMILES string of the molecule is CN(Cc1ccc(F)cc1F)S(=O)(=O)c1ccc(F)c(Cl)c1. The molecule has 0 aromatic heterocycles. The molecule has 0 bridgehead atoms. The molecule has 0 aliphatic rings. The first kappa shape index (κ1) is 16.8. The Bertz CT molecular complexity index is 812. The highest BCUT2D eigenvalue weighted by atomic mass is 35.5. The fourth-order valence-electron chi connectivity index (χ4n) is 1.79. The van der Waals surface area contributed by atoms with E-state index in [-0.39, 0.29) is 22.0 Å². The third kappa shape index (κ3) is 3.43. The smallest absolute Gasteiger partial charge is 0.207 e. The highest BCUT2D eigenvalue weighted by Crippen LogP contribution is 2.23. The minimum Gasteiger partial charge on any atom is -0.207 e. The number of rotatable bonds is 4. The number of hydrogen-bond donors (Lipinski definition) is 0. The molecule has 8 heteroatoms. The average Bonchev–Trinajstić information content (AvgIpc) is 2.44. The van der Waals surface area contributed by atoms with E-state index >= 15 is 0 Å². The van der Waals surface area contributed by atoms with Crippen molar-refractivity contribution in [2.75, 3.05) is 7.05 Å². The van der Waals surface area contributed by atoms with E-state index in [1.165, 1.54) is 7.05 Å². The van der Waals surface area contributed by atoms with Crippen LogP contribution in [0.5, 0.6) is 0 Å². The van der Waals surface area contributed by atoms with Crippen LogP contribution in [0, 0.1) is 17.5 Å². The maximum atomic E-state index is 13.6. The van der Waals surface area contributed by atoms with Crippen molar-refractivity contribution < 1.29 is 21.6 Å². The van der Waals surface area contributed by atoms with Gasteiger partial charge in [0.05, 0.1) is 9.92 Å². The van der Waals surface area contributed by atoms with Crippen molar-refractivity contribution in [2.45, 2.75) is 11.4 Å². The minimum atomic E-state index is -3.98. The topological polar surface area (TPSA) is 37.4 Å². The molecule has 2 aromatic rings. The second kappa shape index (κ2) is 6.28. The summed E-state index contributed by atoms with van der Waals surface area (Å²) in [4.78, 5) is -0.219. The molecule has 0 saturated carbocycles. The number of nitrogens with zero attached hydrogens (tertiary/aromatic N) is 1. The first-order chi connectivity index (χ1) is 10.2. The van der Waals surface area contributed by atoms with Crippen molar-refractivity contribution in [1.29, 1.82) is 0 Å². The first-order valence-electron chi connectivity index (χ1n) is 6.07. The van der Waals surface area contributed by atoms with Crippen LogP contribution in [-0.2, 0) is 16.6 Å². The van der Waals surface area contributed by atoms with Gasteiger partial charge in [0.2, 0.25) is 10.0 Å². The number of halogens is 4. The minimum absolute atomic E-state index is 0.0145. The van der Waals surface area contributed by atoms with Gasteiger partial charge >= 0.3 is 0 Å². The number of hydrogen-bond acceptors (Lipinski definition) is 2. The molecule has 0 radical (unpaired) electrons. The highest BCUT2D eigenvalue weighted by molar-refractivity contribution is 7.89. The largest absolute Gasteiger partial charge is 0.243 e. The van der Waals surface area contributed by atoms with Crippen molar-refractivity contribution in [3.05, 3.63) is 64.4 Å². The Morgan fingerprint density at radius 1 is 1.05 bits per heavy atom. The molecule has 2 rings (SSSR count). The van der Waals surface area contributed by atoms with E-state index in [4.69, 9.17) is 11.6 Å². The lowest BCUT2D eigenvalue weighted by Crippen LogP contribution is -2.27. The Morgan fingerprint density at radius 2 is 1.73 bits per heavy atom. The van der Waals surface area contributed by atoms with Crippen LogP contribution in [0.15, 0.2) is 41.3 Å². The molecule has 0 amide bonds. The average molecular weight is 350 g/mol.